The summed E-state index contributed by atoms with van der Waals surface area (Å²) in [4.78, 5) is 0. The van der Waals surface area contributed by atoms with Gasteiger partial charge >= 0.3 is 0 Å². The maximum absolute atomic E-state index is 5.22. The number of aryl methyl sites for hydroxylation is 1. The van der Waals surface area contributed by atoms with E-state index in [0.29, 0.717) is 0 Å². The van der Waals surface area contributed by atoms with Crippen molar-refractivity contribution in [1.29, 1.82) is 0 Å². The normalized spacial score (nSPS) is 12.6. The van der Waals surface area contributed by atoms with Crippen LogP contribution < -0.4 is 5.32 Å². The molecule has 1 N–H and O–H groups in total. The van der Waals surface area contributed by atoms with E-state index in [0.717, 1.165) is 17.4 Å². The van der Waals surface area contributed by atoms with Crippen LogP contribution in [0.3, 0.4) is 0 Å². The lowest BCUT2D eigenvalue weighted by Crippen LogP contribution is -2.23. The summed E-state index contributed by atoms with van der Waals surface area (Å²) in [6, 6.07) is 8.61. The van der Waals surface area contributed by atoms with Crippen LogP contribution in [-0.4, -0.2) is 6.54 Å². The van der Waals surface area contributed by atoms with Gasteiger partial charge in [-0.1, -0.05) is 28.9 Å². The maximum atomic E-state index is 5.22. The van der Waals surface area contributed by atoms with E-state index < -0.39 is 0 Å². The number of hydrogen-bond donors (Lipinski definition) is 1. The summed E-state index contributed by atoms with van der Waals surface area (Å²) in [7, 11) is 0. The van der Waals surface area contributed by atoms with Crippen LogP contribution in [0.5, 0.6) is 0 Å². The molecule has 0 saturated heterocycles. The van der Waals surface area contributed by atoms with Crippen molar-refractivity contribution in [2.45, 2.75) is 26.3 Å². The lowest BCUT2D eigenvalue weighted by atomic mass is 9.97. The van der Waals surface area contributed by atoms with E-state index in [1.165, 1.54) is 16.7 Å². The van der Waals surface area contributed by atoms with E-state index in [1.807, 2.05) is 12.3 Å². The highest BCUT2D eigenvalue weighted by Crippen LogP contribution is 2.27. The van der Waals surface area contributed by atoms with Crippen LogP contribution in [0.15, 0.2) is 45.7 Å². The molecule has 96 valence electrons. The van der Waals surface area contributed by atoms with Gasteiger partial charge in [0.05, 0.1) is 18.6 Å². The monoisotopic (exact) mass is 307 g/mol. The molecule has 1 aromatic heterocycles. The Labute approximate surface area is 117 Å². The number of rotatable bonds is 5. The van der Waals surface area contributed by atoms with Crippen molar-refractivity contribution in [3.63, 3.8) is 0 Å². The highest BCUT2D eigenvalue weighted by Gasteiger charge is 2.16. The Kier molecular flexibility index (Phi) is 4.61. The lowest BCUT2D eigenvalue weighted by Gasteiger charge is -2.20. The predicted molar refractivity (Wildman–Crippen MR) is 77.7 cm³/mol. The quantitative estimate of drug-likeness (QED) is 0.883. The number of halogens is 1. The van der Waals surface area contributed by atoms with E-state index in [9.17, 15) is 0 Å². The third-order valence-electron chi connectivity index (χ3n) is 3.03. The molecule has 0 bridgehead atoms. The van der Waals surface area contributed by atoms with Gasteiger partial charge in [-0.3, -0.25) is 0 Å². The predicted octanol–water partition coefficient (Wildman–Crippen LogP) is 4.44. The average molecular weight is 308 g/mol. The van der Waals surface area contributed by atoms with Gasteiger partial charge in [-0.15, -0.1) is 0 Å². The zero-order chi connectivity index (χ0) is 13.0. The smallest absolute Gasteiger partial charge is 0.0953 e. The highest BCUT2D eigenvalue weighted by atomic mass is 79.9. The fraction of sp³-hybridized carbons (Fsp3) is 0.333. The van der Waals surface area contributed by atoms with Gasteiger partial charge in [0.1, 0.15) is 0 Å². The molecule has 1 heterocycles. The minimum absolute atomic E-state index is 0.196. The summed E-state index contributed by atoms with van der Waals surface area (Å²) < 4.78 is 6.32. The molecular formula is C15H18BrNO. The molecule has 3 heteroatoms. The average Bonchev–Trinajstić information content (AvgIpc) is 2.88. The van der Waals surface area contributed by atoms with Gasteiger partial charge in [-0.25, -0.2) is 0 Å². The zero-order valence-electron chi connectivity index (χ0n) is 10.7. The molecule has 0 spiro atoms. The van der Waals surface area contributed by atoms with Crippen LogP contribution in [-0.2, 0) is 0 Å². The van der Waals surface area contributed by atoms with Crippen molar-refractivity contribution in [2.75, 3.05) is 6.54 Å². The van der Waals surface area contributed by atoms with Crippen molar-refractivity contribution in [3.05, 3.63) is 58.0 Å². The molecule has 2 nitrogen and oxygen atoms in total. The van der Waals surface area contributed by atoms with Crippen molar-refractivity contribution in [1.82, 2.24) is 5.32 Å². The molecule has 2 aromatic rings. The Hall–Kier alpha value is -1.06. The summed E-state index contributed by atoms with van der Waals surface area (Å²) in [5.41, 5.74) is 3.75. The molecule has 0 radical (unpaired) electrons. The second kappa shape index (κ2) is 6.21. The van der Waals surface area contributed by atoms with Gasteiger partial charge in [0.15, 0.2) is 0 Å². The van der Waals surface area contributed by atoms with Crippen LogP contribution in [0, 0.1) is 6.92 Å². The third-order valence-corrected chi connectivity index (χ3v) is 3.52. The summed E-state index contributed by atoms with van der Waals surface area (Å²) in [5, 5.41) is 3.58. The molecule has 1 atom stereocenters. The first-order valence-corrected chi connectivity index (χ1v) is 7.03. The van der Waals surface area contributed by atoms with Gasteiger partial charge in [0, 0.05) is 10.0 Å². The first-order chi connectivity index (χ1) is 8.72. The molecule has 0 aliphatic carbocycles. The summed E-state index contributed by atoms with van der Waals surface area (Å²) >= 11 is 3.54. The minimum atomic E-state index is 0.196. The Bertz CT molecular complexity index is 493. The Morgan fingerprint density at radius 2 is 2.17 bits per heavy atom. The van der Waals surface area contributed by atoms with Crippen molar-refractivity contribution >= 4 is 15.9 Å². The number of furan rings is 1. The molecule has 0 saturated carbocycles. The van der Waals surface area contributed by atoms with Gasteiger partial charge in [0.25, 0.3) is 0 Å². The van der Waals surface area contributed by atoms with Gasteiger partial charge in [-0.2, -0.15) is 0 Å². The van der Waals surface area contributed by atoms with Gasteiger partial charge in [-0.05, 0) is 49.2 Å². The fourth-order valence-corrected chi connectivity index (χ4v) is 2.44. The molecular weight excluding hydrogens is 290 g/mol. The number of benzene rings is 1. The van der Waals surface area contributed by atoms with Crippen LogP contribution >= 0.6 is 15.9 Å². The summed E-state index contributed by atoms with van der Waals surface area (Å²) in [6.07, 6.45) is 4.65. The molecule has 1 aromatic carbocycles. The first kappa shape index (κ1) is 13.4. The fourth-order valence-electron chi connectivity index (χ4n) is 2.06. The molecule has 0 amide bonds. The van der Waals surface area contributed by atoms with Crippen LogP contribution in [0.4, 0.5) is 0 Å². The van der Waals surface area contributed by atoms with E-state index in [2.05, 4.69) is 53.3 Å². The number of hydrogen-bond acceptors (Lipinski definition) is 2. The molecule has 0 aliphatic heterocycles. The highest BCUT2D eigenvalue weighted by molar-refractivity contribution is 9.10. The van der Waals surface area contributed by atoms with E-state index in [-0.39, 0.29) is 6.04 Å². The van der Waals surface area contributed by atoms with E-state index >= 15 is 0 Å². The topological polar surface area (TPSA) is 25.2 Å². The van der Waals surface area contributed by atoms with Crippen LogP contribution in [0.25, 0.3) is 0 Å². The molecule has 2 rings (SSSR count). The van der Waals surface area contributed by atoms with Crippen molar-refractivity contribution in [3.8, 4) is 0 Å². The maximum Gasteiger partial charge on any atom is 0.0953 e. The standard InChI is InChI=1S/C15H18BrNO/c1-3-7-17-15(12-6-8-18-10-12)14-9-13(16)5-4-11(14)2/h4-6,8-10,15,17H,3,7H2,1-2H3. The Balaban J connectivity index is 2.36. The van der Waals surface area contributed by atoms with Crippen molar-refractivity contribution in [2.24, 2.45) is 0 Å². The summed E-state index contributed by atoms with van der Waals surface area (Å²) in [6.45, 7) is 5.30. The second-order valence-electron chi connectivity index (χ2n) is 4.44. The minimum Gasteiger partial charge on any atom is -0.472 e. The SMILES string of the molecule is CCCNC(c1ccoc1)c1cc(Br)ccc1C. The molecule has 1 unspecified atom stereocenters. The lowest BCUT2D eigenvalue weighted by molar-refractivity contribution is 0.547. The molecule has 18 heavy (non-hydrogen) atoms. The van der Waals surface area contributed by atoms with E-state index in [1.54, 1.807) is 6.26 Å². The van der Waals surface area contributed by atoms with Crippen LogP contribution in [0.1, 0.15) is 36.1 Å². The molecule has 0 aliphatic rings. The Morgan fingerprint density at radius 3 is 2.83 bits per heavy atom. The van der Waals surface area contributed by atoms with Gasteiger partial charge in [0.2, 0.25) is 0 Å². The second-order valence-corrected chi connectivity index (χ2v) is 5.36. The summed E-state index contributed by atoms with van der Waals surface area (Å²) in [5.74, 6) is 0. The third kappa shape index (κ3) is 3.03. The first-order valence-electron chi connectivity index (χ1n) is 6.24. The van der Waals surface area contributed by atoms with Crippen LogP contribution in [0.2, 0.25) is 0 Å². The Morgan fingerprint density at radius 1 is 1.33 bits per heavy atom. The van der Waals surface area contributed by atoms with Gasteiger partial charge < -0.3 is 9.73 Å². The van der Waals surface area contributed by atoms with Crippen molar-refractivity contribution < 1.29 is 4.42 Å². The zero-order valence-corrected chi connectivity index (χ0v) is 12.3. The number of nitrogens with one attached hydrogen (secondary N) is 1. The largest absolute Gasteiger partial charge is 0.472 e. The molecule has 0 fully saturated rings. The van der Waals surface area contributed by atoms with E-state index in [4.69, 9.17) is 4.42 Å².